The van der Waals surface area contributed by atoms with Crippen LogP contribution < -0.4 is 10.2 Å². The molecule has 0 aliphatic rings. The van der Waals surface area contributed by atoms with Gasteiger partial charge in [0.15, 0.2) is 22.4 Å². The van der Waals surface area contributed by atoms with Crippen molar-refractivity contribution in [1.82, 2.24) is 0 Å². The van der Waals surface area contributed by atoms with Gasteiger partial charge in [0.25, 0.3) is 0 Å². The zero-order valence-electron chi connectivity index (χ0n) is 17.1. The van der Waals surface area contributed by atoms with Crippen molar-refractivity contribution < 1.29 is 23.5 Å². The van der Waals surface area contributed by atoms with Gasteiger partial charge in [-0.2, -0.15) is 0 Å². The first-order valence-electron chi connectivity index (χ1n) is 10.0. The predicted molar refractivity (Wildman–Crippen MR) is 119 cm³/mol. The number of aromatic hydroxyl groups is 1. The van der Waals surface area contributed by atoms with Gasteiger partial charge in [-0.25, -0.2) is 0 Å². The van der Waals surface area contributed by atoms with E-state index in [1.807, 2.05) is 18.2 Å². The standard InChI is InChI=1S/C26H18O6/c1-15-13-20(27)21-23(29)19-11-12-30-24(19)26(25(21)32-15)31-14-16-7-9-18(10-8-16)22(28)17-5-3-2-4-6-17/h2-13,29H,14H2,1H3. The van der Waals surface area contributed by atoms with Crippen molar-refractivity contribution in [2.75, 3.05) is 0 Å². The number of ketones is 1. The molecule has 0 fully saturated rings. The van der Waals surface area contributed by atoms with Crippen LogP contribution in [0.1, 0.15) is 27.2 Å². The molecule has 5 aromatic rings. The van der Waals surface area contributed by atoms with E-state index in [0.29, 0.717) is 27.9 Å². The van der Waals surface area contributed by atoms with Crippen LogP contribution >= 0.6 is 0 Å². The molecule has 0 aliphatic carbocycles. The van der Waals surface area contributed by atoms with E-state index in [1.165, 1.54) is 12.3 Å². The van der Waals surface area contributed by atoms with Gasteiger partial charge < -0.3 is 18.7 Å². The Labute approximate surface area is 182 Å². The summed E-state index contributed by atoms with van der Waals surface area (Å²) in [6, 6.07) is 19.1. The number of phenols is 1. The number of rotatable bonds is 5. The Balaban J connectivity index is 1.48. The minimum Gasteiger partial charge on any atom is -0.506 e. The fourth-order valence-corrected chi connectivity index (χ4v) is 3.70. The highest BCUT2D eigenvalue weighted by Gasteiger charge is 2.22. The summed E-state index contributed by atoms with van der Waals surface area (Å²) in [7, 11) is 0. The van der Waals surface area contributed by atoms with Crippen LogP contribution in [-0.2, 0) is 6.61 Å². The first-order valence-corrected chi connectivity index (χ1v) is 10.0. The lowest BCUT2D eigenvalue weighted by Gasteiger charge is -2.11. The molecule has 158 valence electrons. The van der Waals surface area contributed by atoms with Gasteiger partial charge in [-0.1, -0.05) is 54.6 Å². The predicted octanol–water partition coefficient (Wildman–Crippen LogP) is 5.36. The molecule has 0 spiro atoms. The molecule has 2 aromatic heterocycles. The fraction of sp³-hybridized carbons (Fsp3) is 0.0769. The van der Waals surface area contributed by atoms with Gasteiger partial charge in [-0.3, -0.25) is 9.59 Å². The van der Waals surface area contributed by atoms with E-state index in [2.05, 4.69) is 0 Å². The maximum absolute atomic E-state index is 12.6. The first kappa shape index (κ1) is 19.6. The van der Waals surface area contributed by atoms with Crippen LogP contribution in [0.2, 0.25) is 0 Å². The highest BCUT2D eigenvalue weighted by molar-refractivity contribution is 6.09. The summed E-state index contributed by atoms with van der Waals surface area (Å²) in [4.78, 5) is 25.1. The summed E-state index contributed by atoms with van der Waals surface area (Å²) in [5.41, 5.74) is 2.07. The van der Waals surface area contributed by atoms with Crippen molar-refractivity contribution in [3.05, 3.63) is 106 Å². The molecule has 1 N–H and O–H groups in total. The third kappa shape index (κ3) is 3.32. The lowest BCUT2D eigenvalue weighted by Crippen LogP contribution is -2.04. The van der Waals surface area contributed by atoms with Crippen molar-refractivity contribution in [3.8, 4) is 11.5 Å². The second-order valence-corrected chi connectivity index (χ2v) is 7.45. The van der Waals surface area contributed by atoms with Gasteiger partial charge in [-0.15, -0.1) is 0 Å². The Morgan fingerprint density at radius 1 is 0.969 bits per heavy atom. The van der Waals surface area contributed by atoms with Crippen LogP contribution in [0.4, 0.5) is 0 Å². The highest BCUT2D eigenvalue weighted by Crippen LogP contribution is 2.41. The molecule has 6 nitrogen and oxygen atoms in total. The van der Waals surface area contributed by atoms with Crippen molar-refractivity contribution in [1.29, 1.82) is 0 Å². The van der Waals surface area contributed by atoms with E-state index < -0.39 is 0 Å². The Bertz CT molecular complexity index is 1510. The summed E-state index contributed by atoms with van der Waals surface area (Å²) in [5, 5.41) is 11.0. The Kier molecular flexibility index (Phi) is 4.75. The summed E-state index contributed by atoms with van der Waals surface area (Å²) in [5.74, 6) is 0.371. The van der Waals surface area contributed by atoms with Gasteiger partial charge in [0.05, 0.1) is 11.6 Å². The van der Waals surface area contributed by atoms with Gasteiger partial charge in [0, 0.05) is 17.2 Å². The van der Waals surface area contributed by atoms with Gasteiger partial charge in [0.2, 0.25) is 5.75 Å². The summed E-state index contributed by atoms with van der Waals surface area (Å²) < 4.78 is 17.2. The normalized spacial score (nSPS) is 11.2. The van der Waals surface area contributed by atoms with Crippen LogP contribution in [0.15, 0.2) is 86.6 Å². The molecule has 32 heavy (non-hydrogen) atoms. The number of benzene rings is 3. The molecule has 0 atom stereocenters. The Morgan fingerprint density at radius 2 is 1.69 bits per heavy atom. The summed E-state index contributed by atoms with van der Waals surface area (Å²) in [6.45, 7) is 1.80. The smallest absolute Gasteiger partial charge is 0.206 e. The van der Waals surface area contributed by atoms with Gasteiger partial charge in [0.1, 0.15) is 23.5 Å². The molecule has 6 heteroatoms. The SMILES string of the molecule is Cc1cc(=O)c2c(O)c3ccoc3c(OCc3ccc(C(=O)c4ccccc4)cc3)c2o1. The topological polar surface area (TPSA) is 89.9 Å². The van der Waals surface area contributed by atoms with Crippen molar-refractivity contribution in [2.24, 2.45) is 0 Å². The van der Waals surface area contributed by atoms with E-state index in [1.54, 1.807) is 49.4 Å². The molecule has 0 aliphatic heterocycles. The number of phenolic OH excluding ortho intramolecular Hbond substituents is 1. The lowest BCUT2D eigenvalue weighted by molar-refractivity contribution is 0.103. The molecule has 0 radical (unpaired) electrons. The van der Waals surface area contributed by atoms with Crippen molar-refractivity contribution in [3.63, 3.8) is 0 Å². The summed E-state index contributed by atoms with van der Waals surface area (Å²) in [6.07, 6.45) is 1.41. The number of hydrogen-bond acceptors (Lipinski definition) is 6. The van der Waals surface area contributed by atoms with Crippen molar-refractivity contribution >= 4 is 27.7 Å². The third-order valence-corrected chi connectivity index (χ3v) is 5.28. The molecular formula is C26H18O6. The zero-order chi connectivity index (χ0) is 22.2. The molecule has 0 saturated carbocycles. The van der Waals surface area contributed by atoms with Crippen LogP contribution in [0.3, 0.4) is 0 Å². The van der Waals surface area contributed by atoms with E-state index in [0.717, 1.165) is 5.56 Å². The largest absolute Gasteiger partial charge is 0.506 e. The molecular weight excluding hydrogens is 408 g/mol. The third-order valence-electron chi connectivity index (χ3n) is 5.28. The van der Waals surface area contributed by atoms with E-state index in [9.17, 15) is 14.7 Å². The lowest BCUT2D eigenvalue weighted by atomic mass is 10.0. The minimum absolute atomic E-state index is 0.0447. The average molecular weight is 426 g/mol. The van der Waals surface area contributed by atoms with Crippen LogP contribution in [0.5, 0.6) is 11.5 Å². The van der Waals surface area contributed by atoms with E-state index >= 15 is 0 Å². The van der Waals surface area contributed by atoms with Crippen LogP contribution in [-0.4, -0.2) is 10.9 Å². The number of furan rings is 1. The second-order valence-electron chi connectivity index (χ2n) is 7.45. The monoisotopic (exact) mass is 426 g/mol. The number of carbonyl (C=O) groups is 1. The van der Waals surface area contributed by atoms with Gasteiger partial charge >= 0.3 is 0 Å². The zero-order valence-corrected chi connectivity index (χ0v) is 17.1. The molecule has 0 saturated heterocycles. The van der Waals surface area contributed by atoms with E-state index in [-0.39, 0.29) is 40.3 Å². The van der Waals surface area contributed by atoms with E-state index in [4.69, 9.17) is 13.6 Å². The second kappa shape index (κ2) is 7.74. The quantitative estimate of drug-likeness (QED) is 0.380. The molecule has 2 heterocycles. The summed E-state index contributed by atoms with van der Waals surface area (Å²) >= 11 is 0. The van der Waals surface area contributed by atoms with Crippen LogP contribution in [0, 0.1) is 6.92 Å². The van der Waals surface area contributed by atoms with Crippen LogP contribution in [0.25, 0.3) is 21.9 Å². The minimum atomic E-state index is -0.363. The molecule has 3 aromatic carbocycles. The fourth-order valence-electron chi connectivity index (χ4n) is 3.70. The number of hydrogen-bond donors (Lipinski definition) is 1. The molecule has 5 rings (SSSR count). The molecule has 0 bridgehead atoms. The number of fused-ring (bicyclic) bond motifs is 2. The first-order chi connectivity index (χ1) is 15.5. The molecule has 0 unspecified atom stereocenters. The van der Waals surface area contributed by atoms with Gasteiger partial charge in [-0.05, 0) is 18.6 Å². The maximum Gasteiger partial charge on any atom is 0.206 e. The Hall–Kier alpha value is -4.32. The Morgan fingerprint density at radius 3 is 2.44 bits per heavy atom. The van der Waals surface area contributed by atoms with Crippen molar-refractivity contribution in [2.45, 2.75) is 13.5 Å². The highest BCUT2D eigenvalue weighted by atomic mass is 16.5. The number of carbonyl (C=O) groups excluding carboxylic acids is 1. The number of aryl methyl sites for hydroxylation is 1. The maximum atomic E-state index is 12.6. The average Bonchev–Trinajstić information content (AvgIpc) is 3.29. The molecule has 0 amide bonds. The number of ether oxygens (including phenoxy) is 1.